The Kier molecular flexibility index (Phi) is 3.58. The fourth-order valence-corrected chi connectivity index (χ4v) is 1.69. The number of benzene rings is 1. The zero-order chi connectivity index (χ0) is 12.3. The summed E-state index contributed by atoms with van der Waals surface area (Å²) < 4.78 is 14.1. The molecule has 0 radical (unpaired) electrons. The number of carbonyl (C=O) groups is 1. The molecule has 0 bridgehead atoms. The molecule has 2 aromatic rings. The van der Waals surface area contributed by atoms with Crippen molar-refractivity contribution >= 4 is 21.7 Å². The molecule has 86 valence electrons. The van der Waals surface area contributed by atoms with E-state index in [4.69, 9.17) is 0 Å². The van der Waals surface area contributed by atoms with E-state index in [1.54, 1.807) is 18.2 Å². The maximum absolute atomic E-state index is 13.5. The molecule has 2 rings (SSSR count). The van der Waals surface area contributed by atoms with E-state index in [1.165, 1.54) is 18.5 Å². The number of rotatable bonds is 3. The summed E-state index contributed by atoms with van der Waals surface area (Å²) in [6.45, 7) is 0. The Bertz CT molecular complexity index is 545. The molecule has 0 atom stereocenters. The van der Waals surface area contributed by atoms with E-state index in [-0.39, 0.29) is 18.0 Å². The van der Waals surface area contributed by atoms with Gasteiger partial charge in [0.25, 0.3) is 0 Å². The number of nitrogens with zero attached hydrogens (tertiary/aromatic N) is 2. The monoisotopic (exact) mass is 294 g/mol. The van der Waals surface area contributed by atoms with Crippen molar-refractivity contribution in [2.45, 2.75) is 6.42 Å². The normalized spacial score (nSPS) is 10.2. The minimum absolute atomic E-state index is 0.0386. The van der Waals surface area contributed by atoms with E-state index in [9.17, 15) is 9.18 Å². The third-order valence-corrected chi connectivity index (χ3v) is 2.67. The van der Waals surface area contributed by atoms with Crippen LogP contribution in [0, 0.1) is 5.82 Å². The Balaban J connectivity index is 2.19. The van der Waals surface area contributed by atoms with Crippen molar-refractivity contribution in [3.05, 3.63) is 58.3 Å². The number of Topliss-reactive ketones (excluding diaryl/α,β-unsaturated/α-hetero) is 1. The van der Waals surface area contributed by atoms with Gasteiger partial charge >= 0.3 is 0 Å². The van der Waals surface area contributed by atoms with Crippen LogP contribution in [-0.4, -0.2) is 15.8 Å². The summed E-state index contributed by atoms with van der Waals surface area (Å²) >= 11 is 3.16. The Morgan fingerprint density at radius 3 is 2.65 bits per heavy atom. The molecule has 0 saturated carbocycles. The van der Waals surface area contributed by atoms with Gasteiger partial charge in [0, 0.05) is 23.3 Å². The maximum Gasteiger partial charge on any atom is 0.204 e. The van der Waals surface area contributed by atoms with Crippen molar-refractivity contribution in [3.63, 3.8) is 0 Å². The molecule has 17 heavy (non-hydrogen) atoms. The molecule has 0 unspecified atom stereocenters. The van der Waals surface area contributed by atoms with Crippen LogP contribution in [-0.2, 0) is 6.42 Å². The van der Waals surface area contributed by atoms with Gasteiger partial charge in [-0.05, 0) is 23.8 Å². The predicted octanol–water partition coefficient (Wildman–Crippen LogP) is 2.80. The number of aromatic nitrogens is 2. The molecule has 0 aliphatic carbocycles. The van der Waals surface area contributed by atoms with Gasteiger partial charge in [-0.1, -0.05) is 22.0 Å². The van der Waals surface area contributed by atoms with Gasteiger partial charge in [-0.25, -0.2) is 14.4 Å². The average Bonchev–Trinajstić information content (AvgIpc) is 2.34. The molecule has 1 aromatic carbocycles. The van der Waals surface area contributed by atoms with Crippen LogP contribution in [0.1, 0.15) is 16.2 Å². The second kappa shape index (κ2) is 5.14. The van der Waals surface area contributed by atoms with Gasteiger partial charge in [0.1, 0.15) is 5.82 Å². The maximum atomic E-state index is 13.5. The van der Waals surface area contributed by atoms with Gasteiger partial charge in [-0.3, -0.25) is 4.79 Å². The van der Waals surface area contributed by atoms with Gasteiger partial charge in [0.15, 0.2) is 5.82 Å². The van der Waals surface area contributed by atoms with Crippen LogP contribution < -0.4 is 0 Å². The lowest BCUT2D eigenvalue weighted by Gasteiger charge is -2.02. The summed E-state index contributed by atoms with van der Waals surface area (Å²) in [7, 11) is 0. The topological polar surface area (TPSA) is 42.9 Å². The molecule has 1 heterocycles. The first kappa shape index (κ1) is 11.9. The molecular weight excluding hydrogens is 287 g/mol. The number of hydrogen-bond donors (Lipinski definition) is 0. The van der Waals surface area contributed by atoms with E-state index >= 15 is 0 Å². The second-order valence-corrected chi connectivity index (χ2v) is 4.32. The minimum atomic E-state index is -0.413. The summed E-state index contributed by atoms with van der Waals surface area (Å²) in [5.41, 5.74) is 0.339. The third kappa shape index (κ3) is 2.94. The molecule has 0 spiro atoms. The van der Waals surface area contributed by atoms with Gasteiger partial charge in [-0.2, -0.15) is 0 Å². The minimum Gasteiger partial charge on any atom is -0.290 e. The van der Waals surface area contributed by atoms with Crippen molar-refractivity contribution < 1.29 is 9.18 Å². The van der Waals surface area contributed by atoms with Crippen LogP contribution in [0.2, 0.25) is 0 Å². The van der Waals surface area contributed by atoms with Gasteiger partial charge in [-0.15, -0.1) is 0 Å². The molecule has 0 fully saturated rings. The number of hydrogen-bond acceptors (Lipinski definition) is 3. The summed E-state index contributed by atoms with van der Waals surface area (Å²) in [6, 6.07) is 6.21. The highest BCUT2D eigenvalue weighted by Gasteiger charge is 2.12. The van der Waals surface area contributed by atoms with E-state index in [0.717, 1.165) is 0 Å². The lowest BCUT2D eigenvalue weighted by molar-refractivity contribution is 0.0982. The standard InChI is InChI=1S/C12H8BrFN2O/c13-9-3-2-8(10(14)7-9)6-11(17)12-15-4-1-5-16-12/h1-5,7H,6H2. The lowest BCUT2D eigenvalue weighted by Crippen LogP contribution is -2.09. The van der Waals surface area contributed by atoms with E-state index in [1.807, 2.05) is 0 Å². The number of carbonyl (C=O) groups excluding carboxylic acids is 1. The zero-order valence-corrected chi connectivity index (χ0v) is 10.3. The summed E-state index contributed by atoms with van der Waals surface area (Å²) in [5.74, 6) is -0.606. The quantitative estimate of drug-likeness (QED) is 0.818. The van der Waals surface area contributed by atoms with Crippen LogP contribution in [0.3, 0.4) is 0 Å². The van der Waals surface area contributed by atoms with Crippen molar-refractivity contribution in [2.75, 3.05) is 0 Å². The smallest absolute Gasteiger partial charge is 0.204 e. The van der Waals surface area contributed by atoms with Crippen LogP contribution in [0.5, 0.6) is 0 Å². The first-order chi connectivity index (χ1) is 8.16. The summed E-state index contributed by atoms with van der Waals surface area (Å²) in [6.07, 6.45) is 2.93. The van der Waals surface area contributed by atoms with Crippen LogP contribution in [0.25, 0.3) is 0 Å². The lowest BCUT2D eigenvalue weighted by atomic mass is 10.1. The number of ketones is 1. The first-order valence-electron chi connectivity index (χ1n) is 4.91. The molecule has 0 aliphatic rings. The molecular formula is C12H8BrFN2O. The summed E-state index contributed by atoms with van der Waals surface area (Å²) in [4.78, 5) is 19.4. The van der Waals surface area contributed by atoms with Gasteiger partial charge in [0.05, 0.1) is 0 Å². The van der Waals surface area contributed by atoms with Crippen LogP contribution in [0.15, 0.2) is 41.1 Å². The Hall–Kier alpha value is -1.62. The van der Waals surface area contributed by atoms with Crippen LogP contribution in [0.4, 0.5) is 4.39 Å². The third-order valence-electron chi connectivity index (χ3n) is 2.18. The highest BCUT2D eigenvalue weighted by molar-refractivity contribution is 9.10. The second-order valence-electron chi connectivity index (χ2n) is 3.41. The predicted molar refractivity (Wildman–Crippen MR) is 64.2 cm³/mol. The zero-order valence-electron chi connectivity index (χ0n) is 8.73. The van der Waals surface area contributed by atoms with E-state index in [2.05, 4.69) is 25.9 Å². The van der Waals surface area contributed by atoms with Crippen molar-refractivity contribution in [3.8, 4) is 0 Å². The van der Waals surface area contributed by atoms with E-state index < -0.39 is 5.82 Å². The van der Waals surface area contributed by atoms with Crippen molar-refractivity contribution in [1.29, 1.82) is 0 Å². The Morgan fingerprint density at radius 1 is 1.29 bits per heavy atom. The largest absolute Gasteiger partial charge is 0.290 e. The molecule has 0 amide bonds. The molecule has 1 aromatic heterocycles. The van der Waals surface area contributed by atoms with Gasteiger partial charge < -0.3 is 0 Å². The van der Waals surface area contributed by atoms with Crippen molar-refractivity contribution in [2.24, 2.45) is 0 Å². The molecule has 3 nitrogen and oxygen atoms in total. The molecule has 5 heteroatoms. The number of halogens is 2. The van der Waals surface area contributed by atoms with Gasteiger partial charge in [0.2, 0.25) is 5.78 Å². The first-order valence-corrected chi connectivity index (χ1v) is 5.70. The Morgan fingerprint density at radius 2 is 2.00 bits per heavy atom. The van der Waals surface area contributed by atoms with E-state index in [0.29, 0.717) is 10.0 Å². The molecule has 0 N–H and O–H groups in total. The molecule has 0 saturated heterocycles. The fraction of sp³-hybridized carbons (Fsp3) is 0.0833. The highest BCUT2D eigenvalue weighted by Crippen LogP contribution is 2.16. The van der Waals surface area contributed by atoms with Crippen LogP contribution >= 0.6 is 15.9 Å². The SMILES string of the molecule is O=C(Cc1ccc(Br)cc1F)c1ncccn1. The highest BCUT2D eigenvalue weighted by atomic mass is 79.9. The Labute approximate surface area is 106 Å². The van der Waals surface area contributed by atoms with Crippen molar-refractivity contribution in [1.82, 2.24) is 9.97 Å². The molecule has 0 aliphatic heterocycles. The fourth-order valence-electron chi connectivity index (χ4n) is 1.36. The average molecular weight is 295 g/mol. The summed E-state index contributed by atoms with van der Waals surface area (Å²) in [5, 5.41) is 0.